The Labute approximate surface area is 106 Å². The molecule has 16 heavy (non-hydrogen) atoms. The van der Waals surface area contributed by atoms with E-state index in [1.807, 2.05) is 0 Å². The lowest BCUT2D eigenvalue weighted by molar-refractivity contribution is 0.0526. The Morgan fingerprint density at radius 1 is 1.50 bits per heavy atom. The van der Waals surface area contributed by atoms with Gasteiger partial charge in [0.2, 0.25) is 0 Å². The van der Waals surface area contributed by atoms with Crippen LogP contribution in [-0.2, 0) is 13.8 Å². The summed E-state index contributed by atoms with van der Waals surface area (Å²) in [5, 5.41) is 0. The molecule has 0 aliphatic heterocycles. The maximum absolute atomic E-state index is 11.3. The highest BCUT2D eigenvalue weighted by Crippen LogP contribution is 2.26. The van der Waals surface area contributed by atoms with Gasteiger partial charge in [-0.3, -0.25) is 0 Å². The van der Waals surface area contributed by atoms with E-state index in [9.17, 15) is 13.2 Å². The highest BCUT2D eigenvalue weighted by atomic mass is 79.9. The predicted octanol–water partition coefficient (Wildman–Crippen LogP) is 2.55. The van der Waals surface area contributed by atoms with Gasteiger partial charge in [-0.2, -0.15) is 0 Å². The summed E-state index contributed by atoms with van der Waals surface area (Å²) in [4.78, 5) is 11.3. The maximum Gasteiger partial charge on any atom is 0.338 e. The number of carbonyl (C=O) groups is 1. The second kappa shape index (κ2) is 5.16. The number of halogens is 2. The number of rotatable bonds is 3. The topological polar surface area (TPSA) is 60.4 Å². The Bertz CT molecular complexity index is 512. The summed E-state index contributed by atoms with van der Waals surface area (Å²) in [6.45, 7) is 1.94. The molecule has 0 unspecified atom stereocenters. The summed E-state index contributed by atoms with van der Waals surface area (Å²) < 4.78 is 27.2. The maximum atomic E-state index is 11.3. The molecule has 0 radical (unpaired) electrons. The molecular weight excluding hydrogens is 320 g/mol. The Hall–Kier alpha value is -0.590. The van der Waals surface area contributed by atoms with Crippen LogP contribution in [0.1, 0.15) is 17.3 Å². The molecule has 0 fully saturated rings. The third-order valence-corrected chi connectivity index (χ3v) is 4.00. The first-order valence-corrected chi connectivity index (χ1v) is 7.38. The summed E-state index contributed by atoms with van der Waals surface area (Å²) in [6, 6.07) is 3.95. The van der Waals surface area contributed by atoms with Crippen molar-refractivity contribution in [1.29, 1.82) is 0 Å². The van der Waals surface area contributed by atoms with E-state index in [1.165, 1.54) is 18.2 Å². The minimum atomic E-state index is -3.82. The van der Waals surface area contributed by atoms with Crippen molar-refractivity contribution in [3.8, 4) is 0 Å². The van der Waals surface area contributed by atoms with Gasteiger partial charge >= 0.3 is 5.97 Å². The number of hydrogen-bond donors (Lipinski definition) is 0. The van der Waals surface area contributed by atoms with E-state index in [1.54, 1.807) is 6.92 Å². The van der Waals surface area contributed by atoms with Crippen molar-refractivity contribution in [2.75, 3.05) is 6.61 Å². The lowest BCUT2D eigenvalue weighted by Crippen LogP contribution is -2.05. The van der Waals surface area contributed by atoms with Crippen molar-refractivity contribution in [3.63, 3.8) is 0 Å². The van der Waals surface area contributed by atoms with Crippen LogP contribution in [0.25, 0.3) is 0 Å². The van der Waals surface area contributed by atoms with Crippen LogP contribution in [0.15, 0.2) is 27.6 Å². The van der Waals surface area contributed by atoms with E-state index in [2.05, 4.69) is 15.9 Å². The highest BCUT2D eigenvalue weighted by Gasteiger charge is 2.16. The van der Waals surface area contributed by atoms with E-state index in [-0.39, 0.29) is 21.5 Å². The second-order valence-corrected chi connectivity index (χ2v) is 6.19. The molecule has 1 aromatic rings. The molecular formula is C9H8BrClO4S. The van der Waals surface area contributed by atoms with Crippen LogP contribution in [0.5, 0.6) is 0 Å². The fourth-order valence-corrected chi connectivity index (χ4v) is 3.26. The molecule has 0 saturated heterocycles. The first-order chi connectivity index (χ1) is 7.36. The molecule has 0 saturated carbocycles. The second-order valence-electron chi connectivity index (χ2n) is 2.80. The Balaban J connectivity index is 3.14. The monoisotopic (exact) mass is 326 g/mol. The lowest BCUT2D eigenvalue weighted by Gasteiger charge is -2.04. The molecule has 0 atom stereocenters. The molecule has 0 heterocycles. The zero-order valence-corrected chi connectivity index (χ0v) is 11.4. The fraction of sp³-hybridized carbons (Fsp3) is 0.222. The SMILES string of the molecule is CCOC(=O)c1ccc(S(=O)(=O)Cl)c(Br)c1. The van der Waals surface area contributed by atoms with E-state index < -0.39 is 15.0 Å². The normalized spacial score (nSPS) is 11.2. The summed E-state index contributed by atoms with van der Waals surface area (Å²) in [7, 11) is 1.37. The van der Waals surface area contributed by atoms with Crippen molar-refractivity contribution in [3.05, 3.63) is 28.2 Å². The Morgan fingerprint density at radius 3 is 2.56 bits per heavy atom. The molecule has 0 N–H and O–H groups in total. The third-order valence-electron chi connectivity index (χ3n) is 1.71. The zero-order chi connectivity index (χ0) is 12.3. The molecule has 1 rings (SSSR count). The van der Waals surface area contributed by atoms with Crippen molar-refractivity contribution in [2.45, 2.75) is 11.8 Å². The van der Waals surface area contributed by atoms with Gasteiger partial charge in [-0.25, -0.2) is 13.2 Å². The molecule has 0 bridgehead atoms. The van der Waals surface area contributed by atoms with Gasteiger partial charge in [-0.15, -0.1) is 0 Å². The highest BCUT2D eigenvalue weighted by molar-refractivity contribution is 9.10. The Kier molecular flexibility index (Phi) is 4.35. The summed E-state index contributed by atoms with van der Waals surface area (Å²) in [5.41, 5.74) is 0.262. The number of ether oxygens (including phenoxy) is 1. The molecule has 1 aromatic carbocycles. The van der Waals surface area contributed by atoms with Gasteiger partial charge in [0.1, 0.15) is 0 Å². The van der Waals surface area contributed by atoms with Crippen molar-refractivity contribution in [1.82, 2.24) is 0 Å². The van der Waals surface area contributed by atoms with Crippen LogP contribution < -0.4 is 0 Å². The number of carbonyl (C=O) groups excluding carboxylic acids is 1. The average molecular weight is 328 g/mol. The number of benzene rings is 1. The first-order valence-electron chi connectivity index (χ1n) is 4.27. The van der Waals surface area contributed by atoms with E-state index >= 15 is 0 Å². The smallest absolute Gasteiger partial charge is 0.338 e. The molecule has 4 nitrogen and oxygen atoms in total. The van der Waals surface area contributed by atoms with Gasteiger partial charge in [0.25, 0.3) is 9.05 Å². The van der Waals surface area contributed by atoms with E-state index in [0.29, 0.717) is 0 Å². The molecule has 88 valence electrons. The van der Waals surface area contributed by atoms with Crippen LogP contribution in [-0.4, -0.2) is 21.0 Å². The van der Waals surface area contributed by atoms with Crippen LogP contribution in [0.3, 0.4) is 0 Å². The van der Waals surface area contributed by atoms with Gasteiger partial charge in [0.15, 0.2) is 0 Å². The van der Waals surface area contributed by atoms with Crippen LogP contribution >= 0.6 is 26.6 Å². The van der Waals surface area contributed by atoms with Gasteiger partial charge in [-0.05, 0) is 41.1 Å². The van der Waals surface area contributed by atoms with Crippen LogP contribution in [0, 0.1) is 0 Å². The molecule has 0 aliphatic rings. The Morgan fingerprint density at radius 2 is 2.12 bits per heavy atom. The third kappa shape index (κ3) is 3.20. The summed E-state index contributed by atoms with van der Waals surface area (Å²) in [5.74, 6) is -0.512. The van der Waals surface area contributed by atoms with Gasteiger partial charge in [0, 0.05) is 15.2 Å². The molecule has 0 spiro atoms. The largest absolute Gasteiger partial charge is 0.462 e. The van der Waals surface area contributed by atoms with E-state index in [0.717, 1.165) is 0 Å². The quantitative estimate of drug-likeness (QED) is 0.632. The fourth-order valence-electron chi connectivity index (χ4n) is 1.04. The van der Waals surface area contributed by atoms with Gasteiger partial charge in [-0.1, -0.05) is 0 Å². The molecule has 0 aromatic heterocycles. The summed E-state index contributed by atoms with van der Waals surface area (Å²) in [6.07, 6.45) is 0. The predicted molar refractivity (Wildman–Crippen MR) is 63.1 cm³/mol. The number of hydrogen-bond acceptors (Lipinski definition) is 4. The van der Waals surface area contributed by atoms with Crippen LogP contribution in [0.4, 0.5) is 0 Å². The number of esters is 1. The molecule has 7 heteroatoms. The standard InChI is InChI=1S/C9H8BrClO4S/c1-2-15-9(12)6-3-4-8(7(10)5-6)16(11,13)14/h3-5H,2H2,1H3. The molecule has 0 amide bonds. The minimum absolute atomic E-state index is 0.0813. The zero-order valence-electron chi connectivity index (χ0n) is 8.24. The van der Waals surface area contributed by atoms with Crippen molar-refractivity contribution in [2.24, 2.45) is 0 Å². The minimum Gasteiger partial charge on any atom is -0.462 e. The van der Waals surface area contributed by atoms with Gasteiger partial charge < -0.3 is 4.74 Å². The first kappa shape index (κ1) is 13.5. The summed E-state index contributed by atoms with van der Waals surface area (Å²) >= 11 is 3.03. The van der Waals surface area contributed by atoms with Gasteiger partial charge in [0.05, 0.1) is 17.1 Å². The van der Waals surface area contributed by atoms with Crippen molar-refractivity contribution < 1.29 is 17.9 Å². The van der Waals surface area contributed by atoms with Crippen LogP contribution in [0.2, 0.25) is 0 Å². The average Bonchev–Trinajstić information content (AvgIpc) is 2.16. The lowest BCUT2D eigenvalue weighted by atomic mass is 10.2. The molecule has 0 aliphatic carbocycles. The van der Waals surface area contributed by atoms with E-state index in [4.69, 9.17) is 15.4 Å². The van der Waals surface area contributed by atoms with Crippen molar-refractivity contribution >= 4 is 41.6 Å².